The minimum Gasteiger partial charge on any atom is -0.348 e. The SMILES string of the molecule is O=C(N[C@H]1CCN(C2CC2)C1)c1ccccc1C(F)(F)F. The van der Waals surface area contributed by atoms with Gasteiger partial charge in [-0.1, -0.05) is 12.1 Å². The predicted octanol–water partition coefficient (Wildman–Crippen LogP) is 2.67. The molecular formula is C15H17F3N2O. The molecule has 0 spiro atoms. The van der Waals surface area contributed by atoms with E-state index in [0.717, 1.165) is 25.6 Å². The van der Waals surface area contributed by atoms with Crippen LogP contribution in [0.4, 0.5) is 13.2 Å². The van der Waals surface area contributed by atoms with E-state index in [1.165, 1.54) is 31.0 Å². The number of hydrogen-bond acceptors (Lipinski definition) is 2. The maximum atomic E-state index is 12.9. The van der Waals surface area contributed by atoms with E-state index in [4.69, 9.17) is 0 Å². The summed E-state index contributed by atoms with van der Waals surface area (Å²) in [6, 6.07) is 5.49. The van der Waals surface area contributed by atoms with Crippen molar-refractivity contribution in [2.45, 2.75) is 37.5 Å². The smallest absolute Gasteiger partial charge is 0.348 e. The second-order valence-corrected chi connectivity index (χ2v) is 5.73. The molecule has 2 aliphatic rings. The first-order valence-corrected chi connectivity index (χ1v) is 7.16. The van der Waals surface area contributed by atoms with Gasteiger partial charge in [-0.3, -0.25) is 9.69 Å². The van der Waals surface area contributed by atoms with E-state index in [1.807, 2.05) is 0 Å². The fourth-order valence-electron chi connectivity index (χ4n) is 2.87. The van der Waals surface area contributed by atoms with Crippen molar-refractivity contribution in [2.24, 2.45) is 0 Å². The summed E-state index contributed by atoms with van der Waals surface area (Å²) >= 11 is 0. The summed E-state index contributed by atoms with van der Waals surface area (Å²) in [5.41, 5.74) is -1.17. The number of nitrogens with zero attached hydrogens (tertiary/aromatic N) is 1. The molecule has 1 saturated heterocycles. The maximum Gasteiger partial charge on any atom is 0.417 e. The van der Waals surface area contributed by atoms with Gasteiger partial charge in [0.2, 0.25) is 0 Å². The molecule has 1 aliphatic carbocycles. The van der Waals surface area contributed by atoms with Gasteiger partial charge in [-0.05, 0) is 31.4 Å². The molecule has 114 valence electrons. The minimum atomic E-state index is -4.51. The van der Waals surface area contributed by atoms with E-state index in [9.17, 15) is 18.0 Å². The minimum absolute atomic E-state index is 0.0561. The van der Waals surface area contributed by atoms with Crippen LogP contribution >= 0.6 is 0 Å². The van der Waals surface area contributed by atoms with Crippen LogP contribution in [0, 0.1) is 0 Å². The number of halogens is 3. The van der Waals surface area contributed by atoms with Crippen molar-refractivity contribution in [2.75, 3.05) is 13.1 Å². The van der Waals surface area contributed by atoms with E-state index >= 15 is 0 Å². The highest BCUT2D eigenvalue weighted by Gasteiger charge is 2.37. The average Bonchev–Trinajstić information content (AvgIpc) is 3.19. The monoisotopic (exact) mass is 298 g/mol. The summed E-state index contributed by atoms with van der Waals surface area (Å²) in [4.78, 5) is 14.4. The number of nitrogens with one attached hydrogen (secondary N) is 1. The lowest BCUT2D eigenvalue weighted by Gasteiger charge is -2.17. The molecule has 1 aromatic rings. The van der Waals surface area contributed by atoms with Gasteiger partial charge in [-0.2, -0.15) is 13.2 Å². The normalized spacial score (nSPS) is 23.3. The van der Waals surface area contributed by atoms with E-state index < -0.39 is 17.6 Å². The van der Waals surface area contributed by atoms with E-state index in [0.29, 0.717) is 6.04 Å². The van der Waals surface area contributed by atoms with Crippen LogP contribution in [-0.2, 0) is 6.18 Å². The Kier molecular flexibility index (Phi) is 3.65. The first-order valence-electron chi connectivity index (χ1n) is 7.16. The van der Waals surface area contributed by atoms with Crippen LogP contribution < -0.4 is 5.32 Å². The third kappa shape index (κ3) is 3.20. The van der Waals surface area contributed by atoms with Crippen molar-refractivity contribution >= 4 is 5.91 Å². The van der Waals surface area contributed by atoms with E-state index in [1.54, 1.807) is 0 Å². The molecule has 1 heterocycles. The van der Waals surface area contributed by atoms with Crippen LogP contribution in [0.5, 0.6) is 0 Å². The molecule has 3 nitrogen and oxygen atoms in total. The molecular weight excluding hydrogens is 281 g/mol. The number of benzene rings is 1. The summed E-state index contributed by atoms with van der Waals surface area (Å²) in [5, 5.41) is 2.74. The molecule has 21 heavy (non-hydrogen) atoms. The third-order valence-electron chi connectivity index (χ3n) is 4.10. The first-order chi connectivity index (χ1) is 9.95. The number of carbonyl (C=O) groups is 1. The Bertz CT molecular complexity index is 540. The lowest BCUT2D eigenvalue weighted by atomic mass is 10.1. The molecule has 1 amide bonds. The van der Waals surface area contributed by atoms with Crippen molar-refractivity contribution in [3.63, 3.8) is 0 Å². The predicted molar refractivity (Wildman–Crippen MR) is 71.9 cm³/mol. The van der Waals surface area contributed by atoms with Gasteiger partial charge < -0.3 is 5.32 Å². The van der Waals surface area contributed by atoms with Crippen molar-refractivity contribution in [3.8, 4) is 0 Å². The molecule has 1 aromatic carbocycles. The summed E-state index contributed by atoms with van der Waals surface area (Å²) in [6.07, 6.45) is -1.32. The largest absolute Gasteiger partial charge is 0.417 e. The Labute approximate surface area is 121 Å². The number of amides is 1. The molecule has 1 saturated carbocycles. The van der Waals surface area contributed by atoms with Crippen molar-refractivity contribution in [3.05, 3.63) is 35.4 Å². The fraction of sp³-hybridized carbons (Fsp3) is 0.533. The summed E-state index contributed by atoms with van der Waals surface area (Å²) in [6.45, 7) is 1.65. The molecule has 0 radical (unpaired) electrons. The van der Waals surface area contributed by atoms with E-state index in [2.05, 4.69) is 10.2 Å². The molecule has 1 atom stereocenters. The zero-order valence-electron chi connectivity index (χ0n) is 11.5. The topological polar surface area (TPSA) is 32.3 Å². The van der Waals surface area contributed by atoms with Gasteiger partial charge in [0.1, 0.15) is 0 Å². The van der Waals surface area contributed by atoms with Crippen LogP contribution in [0.15, 0.2) is 24.3 Å². The third-order valence-corrected chi connectivity index (χ3v) is 4.10. The van der Waals surface area contributed by atoms with Crippen molar-refractivity contribution < 1.29 is 18.0 Å². The fourth-order valence-corrected chi connectivity index (χ4v) is 2.87. The molecule has 2 fully saturated rings. The molecule has 0 bridgehead atoms. The Balaban J connectivity index is 1.68. The van der Waals surface area contributed by atoms with Gasteiger partial charge in [-0.15, -0.1) is 0 Å². The highest BCUT2D eigenvalue weighted by molar-refractivity contribution is 5.96. The highest BCUT2D eigenvalue weighted by atomic mass is 19.4. The lowest BCUT2D eigenvalue weighted by molar-refractivity contribution is -0.137. The highest BCUT2D eigenvalue weighted by Crippen LogP contribution is 2.32. The van der Waals surface area contributed by atoms with Crippen LogP contribution in [-0.4, -0.2) is 36.0 Å². The van der Waals surface area contributed by atoms with Gasteiger partial charge in [0.15, 0.2) is 0 Å². The van der Waals surface area contributed by atoms with Crippen LogP contribution in [0.3, 0.4) is 0 Å². The number of hydrogen-bond donors (Lipinski definition) is 1. The number of carbonyl (C=O) groups excluding carboxylic acids is 1. The second-order valence-electron chi connectivity index (χ2n) is 5.73. The van der Waals surface area contributed by atoms with Crippen LogP contribution in [0.1, 0.15) is 35.2 Å². The van der Waals surface area contributed by atoms with E-state index in [-0.39, 0.29) is 11.6 Å². The van der Waals surface area contributed by atoms with Gasteiger partial charge in [-0.25, -0.2) is 0 Å². The van der Waals surface area contributed by atoms with Gasteiger partial charge in [0.05, 0.1) is 11.1 Å². The Morgan fingerprint density at radius 2 is 1.90 bits per heavy atom. The summed E-state index contributed by atoms with van der Waals surface area (Å²) < 4.78 is 38.7. The summed E-state index contributed by atoms with van der Waals surface area (Å²) in [7, 11) is 0. The average molecular weight is 298 g/mol. The van der Waals surface area contributed by atoms with Crippen molar-refractivity contribution in [1.29, 1.82) is 0 Å². The number of likely N-dealkylation sites (tertiary alicyclic amines) is 1. The Morgan fingerprint density at radius 3 is 2.57 bits per heavy atom. The molecule has 6 heteroatoms. The molecule has 1 N–H and O–H groups in total. The second kappa shape index (κ2) is 5.33. The number of rotatable bonds is 3. The lowest BCUT2D eigenvalue weighted by Crippen LogP contribution is -2.38. The van der Waals surface area contributed by atoms with Gasteiger partial charge >= 0.3 is 6.18 Å². The zero-order valence-corrected chi connectivity index (χ0v) is 11.5. The van der Waals surface area contributed by atoms with Gasteiger partial charge in [0, 0.05) is 25.2 Å². The zero-order chi connectivity index (χ0) is 15.0. The Hall–Kier alpha value is -1.56. The first kappa shape index (κ1) is 14.4. The summed E-state index contributed by atoms with van der Waals surface area (Å²) in [5.74, 6) is -0.634. The maximum absolute atomic E-state index is 12.9. The number of alkyl halides is 3. The standard InChI is InChI=1S/C15H17F3N2O/c16-15(17,18)13-4-2-1-3-12(13)14(21)19-10-7-8-20(9-10)11-5-6-11/h1-4,10-11H,5-9H2,(H,19,21)/t10-/m0/s1. The van der Waals surface area contributed by atoms with Crippen molar-refractivity contribution in [1.82, 2.24) is 10.2 Å². The quantitative estimate of drug-likeness (QED) is 0.930. The molecule has 0 unspecified atom stereocenters. The molecule has 0 aromatic heterocycles. The van der Waals surface area contributed by atoms with Gasteiger partial charge in [0.25, 0.3) is 5.91 Å². The molecule has 3 rings (SSSR count). The van der Waals surface area contributed by atoms with Crippen LogP contribution in [0.2, 0.25) is 0 Å². The molecule has 1 aliphatic heterocycles. The van der Waals surface area contributed by atoms with Crippen LogP contribution in [0.25, 0.3) is 0 Å². The Morgan fingerprint density at radius 1 is 1.19 bits per heavy atom.